The first kappa shape index (κ1) is 15.6. The van der Waals surface area contributed by atoms with Gasteiger partial charge in [-0.05, 0) is 12.5 Å². The maximum atomic E-state index is 11.6. The number of nitrogens with one attached hydrogen (secondary N) is 1. The van der Waals surface area contributed by atoms with Gasteiger partial charge in [-0.25, -0.2) is 9.78 Å². The molecule has 1 amide bonds. The lowest BCUT2D eigenvalue weighted by molar-refractivity contribution is -0.121. The molecule has 0 aliphatic carbocycles. The Kier molecular flexibility index (Phi) is 6.44. The second-order valence-corrected chi connectivity index (χ2v) is 5.19. The minimum absolute atomic E-state index is 0.0210. The Bertz CT molecular complexity index is 430. The first-order valence-corrected chi connectivity index (χ1v) is 7.09. The second kappa shape index (κ2) is 7.85. The molecule has 0 bridgehead atoms. The first-order valence-electron chi connectivity index (χ1n) is 6.21. The van der Waals surface area contributed by atoms with Crippen LogP contribution < -0.4 is 11.1 Å². The molecule has 1 unspecified atom stereocenters. The number of rotatable bonds is 8. The van der Waals surface area contributed by atoms with Gasteiger partial charge in [0.2, 0.25) is 5.91 Å². The highest BCUT2D eigenvalue weighted by atomic mass is 32.1. The third-order valence-electron chi connectivity index (χ3n) is 2.82. The number of nitrogens with two attached hydrogens (primary N) is 1. The van der Waals surface area contributed by atoms with Gasteiger partial charge in [-0.3, -0.25) is 4.79 Å². The maximum Gasteiger partial charge on any atom is 0.355 e. The molecule has 7 heteroatoms. The molecule has 1 atom stereocenters. The molecule has 19 heavy (non-hydrogen) atoms. The molecule has 0 fully saturated rings. The summed E-state index contributed by atoms with van der Waals surface area (Å²) in [5.41, 5.74) is 5.59. The summed E-state index contributed by atoms with van der Waals surface area (Å²) in [6, 6.07) is 0. The van der Waals surface area contributed by atoms with Gasteiger partial charge in [0, 0.05) is 24.8 Å². The summed E-state index contributed by atoms with van der Waals surface area (Å²) >= 11 is 1.29. The van der Waals surface area contributed by atoms with Crippen LogP contribution in [0.5, 0.6) is 0 Å². The van der Waals surface area contributed by atoms with Crippen LogP contribution in [0.3, 0.4) is 0 Å². The highest BCUT2D eigenvalue weighted by Crippen LogP contribution is 2.10. The third kappa shape index (κ3) is 5.35. The molecular formula is C12H19N3O3S. The van der Waals surface area contributed by atoms with E-state index in [9.17, 15) is 9.59 Å². The van der Waals surface area contributed by atoms with E-state index in [0.29, 0.717) is 30.9 Å². The number of carbonyl (C=O) groups excluding carboxylic acids is 1. The lowest BCUT2D eigenvalue weighted by Gasteiger charge is -2.11. The zero-order valence-electron chi connectivity index (χ0n) is 10.9. The molecule has 1 aromatic heterocycles. The molecule has 1 rings (SSSR count). The summed E-state index contributed by atoms with van der Waals surface area (Å²) in [5.74, 6) is -0.828. The van der Waals surface area contributed by atoms with Gasteiger partial charge < -0.3 is 16.2 Å². The smallest absolute Gasteiger partial charge is 0.355 e. The van der Waals surface area contributed by atoms with E-state index in [2.05, 4.69) is 10.3 Å². The Balaban J connectivity index is 2.29. The summed E-state index contributed by atoms with van der Waals surface area (Å²) in [7, 11) is 0. The Hall–Kier alpha value is -1.47. The van der Waals surface area contributed by atoms with E-state index in [-0.39, 0.29) is 17.5 Å². The zero-order chi connectivity index (χ0) is 14.3. The van der Waals surface area contributed by atoms with Crippen LogP contribution in [0.2, 0.25) is 0 Å². The number of carbonyl (C=O) groups is 2. The molecule has 0 aromatic carbocycles. The number of carboxylic acid groups (broad SMARTS) is 1. The van der Waals surface area contributed by atoms with Gasteiger partial charge in [0.25, 0.3) is 0 Å². The van der Waals surface area contributed by atoms with Crippen LogP contribution in [0.1, 0.15) is 35.3 Å². The number of hydrogen-bond acceptors (Lipinski definition) is 5. The highest BCUT2D eigenvalue weighted by Gasteiger charge is 2.11. The molecule has 0 saturated heterocycles. The van der Waals surface area contributed by atoms with E-state index in [1.54, 1.807) is 0 Å². The van der Waals surface area contributed by atoms with Crippen LogP contribution in [-0.2, 0) is 11.2 Å². The Morgan fingerprint density at radius 1 is 1.58 bits per heavy atom. The van der Waals surface area contributed by atoms with E-state index >= 15 is 0 Å². The zero-order valence-corrected chi connectivity index (χ0v) is 11.7. The molecule has 0 aliphatic heterocycles. The van der Waals surface area contributed by atoms with Crippen molar-refractivity contribution in [3.8, 4) is 0 Å². The lowest BCUT2D eigenvalue weighted by Crippen LogP contribution is -2.29. The average molecular weight is 285 g/mol. The van der Waals surface area contributed by atoms with Crippen LogP contribution in [0.25, 0.3) is 0 Å². The molecule has 1 heterocycles. The first-order chi connectivity index (χ1) is 9.06. The van der Waals surface area contributed by atoms with Crippen molar-refractivity contribution in [1.82, 2.24) is 10.3 Å². The van der Waals surface area contributed by atoms with Crippen molar-refractivity contribution in [1.29, 1.82) is 0 Å². The molecule has 0 aliphatic rings. The average Bonchev–Trinajstić information content (AvgIpc) is 2.85. The van der Waals surface area contributed by atoms with Crippen molar-refractivity contribution in [2.45, 2.75) is 26.2 Å². The summed E-state index contributed by atoms with van der Waals surface area (Å²) in [6.07, 6.45) is 1.87. The minimum Gasteiger partial charge on any atom is -0.476 e. The van der Waals surface area contributed by atoms with E-state index in [4.69, 9.17) is 10.8 Å². The summed E-state index contributed by atoms with van der Waals surface area (Å²) < 4.78 is 0. The monoisotopic (exact) mass is 285 g/mol. The number of carboxylic acids is 1. The minimum atomic E-state index is -1.03. The van der Waals surface area contributed by atoms with Gasteiger partial charge in [0.05, 0.1) is 5.01 Å². The maximum absolute atomic E-state index is 11.6. The number of hydrogen-bond donors (Lipinski definition) is 3. The third-order valence-corrected chi connectivity index (χ3v) is 3.73. The van der Waals surface area contributed by atoms with Gasteiger partial charge in [-0.15, -0.1) is 11.3 Å². The van der Waals surface area contributed by atoms with E-state index in [1.807, 2.05) is 6.92 Å². The summed E-state index contributed by atoms with van der Waals surface area (Å²) in [4.78, 5) is 26.2. The van der Waals surface area contributed by atoms with Crippen molar-refractivity contribution < 1.29 is 14.7 Å². The highest BCUT2D eigenvalue weighted by molar-refractivity contribution is 7.09. The Labute approximate surface area is 116 Å². The number of aromatic nitrogens is 1. The topological polar surface area (TPSA) is 105 Å². The predicted molar refractivity (Wildman–Crippen MR) is 73.2 cm³/mol. The molecule has 1 aromatic rings. The van der Waals surface area contributed by atoms with Crippen molar-refractivity contribution in [3.63, 3.8) is 0 Å². The van der Waals surface area contributed by atoms with E-state index in [0.717, 1.165) is 6.42 Å². The van der Waals surface area contributed by atoms with Gasteiger partial charge in [-0.1, -0.05) is 13.3 Å². The van der Waals surface area contributed by atoms with Crippen molar-refractivity contribution in [2.24, 2.45) is 11.7 Å². The normalized spacial score (nSPS) is 12.1. The van der Waals surface area contributed by atoms with Gasteiger partial charge >= 0.3 is 5.97 Å². The van der Waals surface area contributed by atoms with E-state index in [1.165, 1.54) is 16.7 Å². The van der Waals surface area contributed by atoms with E-state index < -0.39 is 5.97 Å². The second-order valence-electron chi connectivity index (χ2n) is 4.25. The van der Waals surface area contributed by atoms with Crippen LogP contribution in [0.4, 0.5) is 0 Å². The van der Waals surface area contributed by atoms with Crippen LogP contribution in [0, 0.1) is 5.92 Å². The van der Waals surface area contributed by atoms with Gasteiger partial charge in [-0.2, -0.15) is 0 Å². The summed E-state index contributed by atoms with van der Waals surface area (Å²) in [6.45, 7) is 2.98. The quantitative estimate of drug-likeness (QED) is 0.657. The molecule has 106 valence electrons. The molecule has 0 radical (unpaired) electrons. The fourth-order valence-electron chi connectivity index (χ4n) is 1.56. The SMILES string of the molecule is CCC(CN)CC(=O)NCCc1nc(C(=O)O)cs1. The number of aromatic carboxylic acids is 1. The molecular weight excluding hydrogens is 266 g/mol. The molecule has 4 N–H and O–H groups in total. The molecule has 0 spiro atoms. The standard InChI is InChI=1S/C12H19N3O3S/c1-2-8(6-13)5-10(16)14-4-3-11-15-9(7-19-11)12(17)18/h7-8H,2-6,13H2,1H3,(H,14,16)(H,17,18). The van der Waals surface area contributed by atoms with Crippen LogP contribution in [-0.4, -0.2) is 35.1 Å². The Morgan fingerprint density at radius 3 is 2.84 bits per heavy atom. The van der Waals surface area contributed by atoms with Crippen LogP contribution >= 0.6 is 11.3 Å². The van der Waals surface area contributed by atoms with Crippen molar-refractivity contribution in [3.05, 3.63) is 16.1 Å². The van der Waals surface area contributed by atoms with Crippen molar-refractivity contribution >= 4 is 23.2 Å². The Morgan fingerprint density at radius 2 is 2.32 bits per heavy atom. The fourth-order valence-corrected chi connectivity index (χ4v) is 2.33. The van der Waals surface area contributed by atoms with Crippen LogP contribution in [0.15, 0.2) is 5.38 Å². The van der Waals surface area contributed by atoms with Gasteiger partial charge in [0.1, 0.15) is 0 Å². The fraction of sp³-hybridized carbons (Fsp3) is 0.583. The number of amides is 1. The molecule has 6 nitrogen and oxygen atoms in total. The number of thiazole rings is 1. The van der Waals surface area contributed by atoms with Gasteiger partial charge in [0.15, 0.2) is 5.69 Å². The largest absolute Gasteiger partial charge is 0.476 e. The predicted octanol–water partition coefficient (Wildman–Crippen LogP) is 0.875. The number of nitrogens with zero attached hydrogens (tertiary/aromatic N) is 1. The molecule has 0 saturated carbocycles. The lowest BCUT2D eigenvalue weighted by atomic mass is 10.0. The van der Waals surface area contributed by atoms with Crippen molar-refractivity contribution in [2.75, 3.05) is 13.1 Å². The summed E-state index contributed by atoms with van der Waals surface area (Å²) in [5, 5.41) is 13.7.